The van der Waals surface area contributed by atoms with E-state index in [-0.39, 0.29) is 12.6 Å². The molecule has 4 N–H and O–H groups in total. The SMILES string of the molecule is C/C1=C/C(c2[nH]c3ccc(C4CCN(Cc5ncc(CO)cn5)CC4)cc3c2C(C)C)=C\CCCC1N. The van der Waals surface area contributed by atoms with Gasteiger partial charge in [-0.1, -0.05) is 37.6 Å². The Morgan fingerprint density at radius 1 is 1.14 bits per heavy atom. The van der Waals surface area contributed by atoms with Gasteiger partial charge in [-0.25, -0.2) is 9.97 Å². The Labute approximate surface area is 220 Å². The van der Waals surface area contributed by atoms with Gasteiger partial charge in [-0.15, -0.1) is 0 Å². The van der Waals surface area contributed by atoms with Gasteiger partial charge in [0.25, 0.3) is 0 Å². The zero-order chi connectivity index (χ0) is 25.9. The second kappa shape index (κ2) is 11.3. The van der Waals surface area contributed by atoms with Crippen molar-refractivity contribution >= 4 is 16.5 Å². The molecule has 1 saturated heterocycles. The number of likely N-dealkylation sites (tertiary alicyclic amines) is 1. The lowest BCUT2D eigenvalue weighted by molar-refractivity contribution is 0.200. The average Bonchev–Trinajstić information content (AvgIpc) is 3.29. The van der Waals surface area contributed by atoms with Crippen LogP contribution >= 0.6 is 0 Å². The Kier molecular flexibility index (Phi) is 7.89. The van der Waals surface area contributed by atoms with Crippen molar-refractivity contribution in [1.29, 1.82) is 0 Å². The predicted octanol–water partition coefficient (Wildman–Crippen LogP) is 5.79. The lowest BCUT2D eigenvalue weighted by Crippen LogP contribution is -2.33. The highest BCUT2D eigenvalue weighted by Crippen LogP contribution is 2.38. The first kappa shape index (κ1) is 25.8. The van der Waals surface area contributed by atoms with E-state index >= 15 is 0 Å². The standard InChI is InChI=1S/C31H41N5O/c1-20(2)30-26-15-24(23-10-12-36(13-11-23)18-29-33-16-22(19-37)17-34-29)8-9-28(26)35-31(30)25-6-4-5-7-27(32)21(3)14-25/h6,8-9,14-17,20,23,27,35,37H,4-5,7,10-13,18-19,32H2,1-3H3/b21-14-,25-6+. The van der Waals surface area contributed by atoms with Crippen molar-refractivity contribution < 1.29 is 5.11 Å². The lowest BCUT2D eigenvalue weighted by Gasteiger charge is -2.31. The number of nitrogens with two attached hydrogens (primary N) is 1. The number of benzene rings is 1. The number of H-pyrrole nitrogens is 1. The van der Waals surface area contributed by atoms with Crippen LogP contribution in [0.3, 0.4) is 0 Å². The van der Waals surface area contributed by atoms with Crippen molar-refractivity contribution in [3.63, 3.8) is 0 Å². The van der Waals surface area contributed by atoms with Gasteiger partial charge in [-0.2, -0.15) is 0 Å². The van der Waals surface area contributed by atoms with Gasteiger partial charge in [-0.05, 0) is 92.8 Å². The second-order valence-corrected chi connectivity index (χ2v) is 11.2. The molecule has 1 atom stereocenters. The molecule has 6 nitrogen and oxygen atoms in total. The molecule has 6 heteroatoms. The third-order valence-corrected chi connectivity index (χ3v) is 8.15. The number of nitrogens with one attached hydrogen (secondary N) is 1. The van der Waals surface area contributed by atoms with Crippen LogP contribution in [0.2, 0.25) is 0 Å². The molecule has 196 valence electrons. The molecule has 0 spiro atoms. The van der Waals surface area contributed by atoms with Crippen LogP contribution in [0.1, 0.15) is 92.9 Å². The fourth-order valence-electron chi connectivity index (χ4n) is 5.89. The van der Waals surface area contributed by atoms with Crippen molar-refractivity contribution in [2.75, 3.05) is 13.1 Å². The molecule has 2 aromatic heterocycles. The molecule has 1 fully saturated rings. The van der Waals surface area contributed by atoms with Crippen LogP contribution in [0, 0.1) is 0 Å². The molecule has 37 heavy (non-hydrogen) atoms. The lowest BCUT2D eigenvalue weighted by atomic mass is 9.87. The summed E-state index contributed by atoms with van der Waals surface area (Å²) in [6.45, 7) is 9.61. The highest BCUT2D eigenvalue weighted by atomic mass is 16.3. The van der Waals surface area contributed by atoms with Crippen LogP contribution in [-0.2, 0) is 13.2 Å². The van der Waals surface area contributed by atoms with Crippen LogP contribution in [0.4, 0.5) is 0 Å². The zero-order valence-electron chi connectivity index (χ0n) is 22.5. The van der Waals surface area contributed by atoms with E-state index in [0.717, 1.165) is 63.1 Å². The summed E-state index contributed by atoms with van der Waals surface area (Å²) in [5.41, 5.74) is 15.1. The monoisotopic (exact) mass is 499 g/mol. The van der Waals surface area contributed by atoms with Crippen LogP contribution < -0.4 is 5.73 Å². The Hall–Kier alpha value is -2.80. The van der Waals surface area contributed by atoms with Crippen LogP contribution in [0.5, 0.6) is 0 Å². The van der Waals surface area contributed by atoms with E-state index in [4.69, 9.17) is 5.73 Å². The number of fused-ring (bicyclic) bond motifs is 1. The zero-order valence-corrected chi connectivity index (χ0v) is 22.5. The molecule has 1 aromatic carbocycles. The van der Waals surface area contributed by atoms with E-state index in [1.807, 2.05) is 0 Å². The molecule has 1 unspecified atom stereocenters. The quantitative estimate of drug-likeness (QED) is 0.399. The van der Waals surface area contributed by atoms with Crippen LogP contribution in [0.25, 0.3) is 16.5 Å². The number of piperidine rings is 1. The Morgan fingerprint density at radius 2 is 1.89 bits per heavy atom. The molecule has 1 aliphatic heterocycles. The smallest absolute Gasteiger partial charge is 0.142 e. The largest absolute Gasteiger partial charge is 0.392 e. The van der Waals surface area contributed by atoms with Gasteiger partial charge in [0.1, 0.15) is 5.82 Å². The molecule has 2 aliphatic rings. The molecule has 0 radical (unpaired) electrons. The van der Waals surface area contributed by atoms with Crippen molar-refractivity contribution in [1.82, 2.24) is 19.9 Å². The van der Waals surface area contributed by atoms with Crippen molar-refractivity contribution in [3.8, 4) is 0 Å². The number of aliphatic hydroxyl groups excluding tert-OH is 1. The fourth-order valence-corrected chi connectivity index (χ4v) is 5.89. The highest BCUT2D eigenvalue weighted by Gasteiger charge is 2.24. The Morgan fingerprint density at radius 3 is 2.59 bits per heavy atom. The highest BCUT2D eigenvalue weighted by molar-refractivity contribution is 5.92. The van der Waals surface area contributed by atoms with Gasteiger partial charge in [0.2, 0.25) is 0 Å². The molecule has 0 amide bonds. The molecule has 5 rings (SSSR count). The van der Waals surface area contributed by atoms with Crippen molar-refractivity contribution in [2.24, 2.45) is 5.73 Å². The first-order valence-corrected chi connectivity index (χ1v) is 13.9. The van der Waals surface area contributed by atoms with E-state index in [1.165, 1.54) is 38.9 Å². The summed E-state index contributed by atoms with van der Waals surface area (Å²) in [4.78, 5) is 15.0. The van der Waals surface area contributed by atoms with Crippen LogP contribution in [0.15, 0.2) is 48.3 Å². The first-order valence-electron chi connectivity index (χ1n) is 13.9. The summed E-state index contributed by atoms with van der Waals surface area (Å²) >= 11 is 0. The molecule has 1 aliphatic carbocycles. The minimum Gasteiger partial charge on any atom is -0.392 e. The maximum absolute atomic E-state index is 9.21. The summed E-state index contributed by atoms with van der Waals surface area (Å²) in [6.07, 6.45) is 13.7. The summed E-state index contributed by atoms with van der Waals surface area (Å²) in [6, 6.07) is 7.22. The fraction of sp³-hybridized carbons (Fsp3) is 0.484. The Bertz CT molecular complexity index is 1280. The van der Waals surface area contributed by atoms with Crippen molar-refractivity contribution in [2.45, 2.75) is 83.9 Å². The number of hydrogen-bond acceptors (Lipinski definition) is 5. The Balaban J connectivity index is 1.36. The average molecular weight is 500 g/mol. The summed E-state index contributed by atoms with van der Waals surface area (Å²) < 4.78 is 0. The number of rotatable bonds is 6. The number of hydrogen-bond donors (Lipinski definition) is 3. The van der Waals surface area contributed by atoms with Gasteiger partial charge in [0.05, 0.1) is 13.2 Å². The van der Waals surface area contributed by atoms with E-state index in [9.17, 15) is 5.11 Å². The molecule has 0 bridgehead atoms. The third kappa shape index (κ3) is 5.71. The van der Waals surface area contributed by atoms with Gasteiger partial charge in [0, 0.05) is 40.6 Å². The third-order valence-electron chi connectivity index (χ3n) is 8.15. The van der Waals surface area contributed by atoms with Crippen molar-refractivity contribution in [3.05, 3.63) is 76.5 Å². The molecule has 3 aromatic rings. The summed E-state index contributed by atoms with van der Waals surface area (Å²) in [5.74, 6) is 1.82. The van der Waals surface area contributed by atoms with Gasteiger partial charge in [-0.3, -0.25) is 4.90 Å². The van der Waals surface area contributed by atoms with Gasteiger partial charge < -0.3 is 15.8 Å². The molecular formula is C31H41N5O. The second-order valence-electron chi connectivity index (χ2n) is 11.2. The summed E-state index contributed by atoms with van der Waals surface area (Å²) in [5, 5.41) is 10.6. The molecule has 0 saturated carbocycles. The van der Waals surface area contributed by atoms with E-state index in [1.54, 1.807) is 12.4 Å². The topological polar surface area (TPSA) is 91.1 Å². The maximum Gasteiger partial charge on any atom is 0.142 e. The van der Waals surface area contributed by atoms with Gasteiger partial charge in [0.15, 0.2) is 0 Å². The number of aromatic amines is 1. The molecular weight excluding hydrogens is 458 g/mol. The first-order chi connectivity index (χ1) is 17.9. The van der Waals surface area contributed by atoms with Crippen LogP contribution in [-0.4, -0.2) is 44.1 Å². The van der Waals surface area contributed by atoms with E-state index in [2.05, 4.69) is 71.0 Å². The number of aliphatic hydroxyl groups is 1. The predicted molar refractivity (Wildman–Crippen MR) is 151 cm³/mol. The van der Waals surface area contributed by atoms with E-state index in [0.29, 0.717) is 11.8 Å². The number of aromatic nitrogens is 3. The minimum atomic E-state index is -0.0146. The van der Waals surface area contributed by atoms with Gasteiger partial charge >= 0.3 is 0 Å². The maximum atomic E-state index is 9.21. The van der Waals surface area contributed by atoms with E-state index < -0.39 is 0 Å². The molecule has 3 heterocycles. The minimum absolute atomic E-state index is 0.0146. The number of nitrogens with zero attached hydrogens (tertiary/aromatic N) is 3. The summed E-state index contributed by atoms with van der Waals surface area (Å²) in [7, 11) is 0. The number of allylic oxidation sites excluding steroid dienone is 3. The normalized spacial score (nSPS) is 22.9.